The summed E-state index contributed by atoms with van der Waals surface area (Å²) in [6, 6.07) is 14.1. The quantitative estimate of drug-likeness (QED) is 0.531. The van der Waals surface area contributed by atoms with E-state index in [-0.39, 0.29) is 5.69 Å². The summed E-state index contributed by atoms with van der Waals surface area (Å²) in [5.41, 5.74) is 2.61. The zero-order chi connectivity index (χ0) is 19.8. The molecule has 8 heteroatoms. The van der Waals surface area contributed by atoms with Gasteiger partial charge in [-0.3, -0.25) is 4.90 Å². The molecule has 148 valence electrons. The molecule has 0 aliphatic carbocycles. The molecule has 0 amide bonds. The highest BCUT2D eigenvalue weighted by molar-refractivity contribution is 5.55. The van der Waals surface area contributed by atoms with Crippen molar-refractivity contribution in [3.8, 4) is 11.6 Å². The Labute approximate surface area is 167 Å². The molecule has 0 saturated carbocycles. The molecule has 3 aromatic heterocycles. The Kier molecular flexibility index (Phi) is 4.40. The van der Waals surface area contributed by atoms with Gasteiger partial charge in [0.15, 0.2) is 11.4 Å². The van der Waals surface area contributed by atoms with Crippen LogP contribution in [0.5, 0.6) is 0 Å². The van der Waals surface area contributed by atoms with Crippen molar-refractivity contribution in [2.45, 2.75) is 6.54 Å². The molecule has 0 radical (unpaired) electrons. The van der Waals surface area contributed by atoms with E-state index in [1.807, 2.05) is 12.3 Å². The summed E-state index contributed by atoms with van der Waals surface area (Å²) < 4.78 is 8.33. The second kappa shape index (κ2) is 7.21. The Bertz CT molecular complexity index is 1170. The van der Waals surface area contributed by atoms with Gasteiger partial charge in [-0.15, -0.1) is 5.10 Å². The maximum atomic E-state index is 12.5. The van der Waals surface area contributed by atoms with Crippen molar-refractivity contribution in [2.24, 2.45) is 7.05 Å². The smallest absolute Gasteiger partial charge is 0.350 e. The Hall–Kier alpha value is -3.39. The van der Waals surface area contributed by atoms with Gasteiger partial charge in [-0.25, -0.2) is 9.78 Å². The predicted molar refractivity (Wildman–Crippen MR) is 110 cm³/mol. The zero-order valence-electron chi connectivity index (χ0n) is 16.2. The summed E-state index contributed by atoms with van der Waals surface area (Å²) in [4.78, 5) is 21.9. The summed E-state index contributed by atoms with van der Waals surface area (Å²) in [5.74, 6) is 0.978. The molecule has 4 heterocycles. The minimum atomic E-state index is -0.219. The lowest BCUT2D eigenvalue weighted by molar-refractivity contribution is 0.249. The lowest BCUT2D eigenvalue weighted by atomic mass is 10.2. The molecule has 1 saturated heterocycles. The molecule has 0 N–H and O–H groups in total. The zero-order valence-corrected chi connectivity index (χ0v) is 16.2. The van der Waals surface area contributed by atoms with E-state index in [2.05, 4.69) is 44.1 Å². The first kappa shape index (κ1) is 17.7. The van der Waals surface area contributed by atoms with E-state index >= 15 is 0 Å². The van der Waals surface area contributed by atoms with Crippen molar-refractivity contribution in [3.05, 3.63) is 71.0 Å². The summed E-state index contributed by atoms with van der Waals surface area (Å²) in [6.07, 6.45) is 3.44. The number of fused-ring (bicyclic) bond motifs is 1. The first-order valence-corrected chi connectivity index (χ1v) is 9.70. The van der Waals surface area contributed by atoms with E-state index in [1.165, 1.54) is 10.2 Å². The number of anilines is 1. The van der Waals surface area contributed by atoms with Crippen LogP contribution in [0.3, 0.4) is 0 Å². The number of aromatic nitrogens is 4. The van der Waals surface area contributed by atoms with Crippen molar-refractivity contribution in [3.63, 3.8) is 0 Å². The third kappa shape index (κ3) is 3.31. The fourth-order valence-corrected chi connectivity index (χ4v) is 3.82. The van der Waals surface area contributed by atoms with Gasteiger partial charge in [0.1, 0.15) is 0 Å². The molecule has 4 aromatic rings. The molecule has 0 spiro atoms. The second-order valence-electron chi connectivity index (χ2n) is 7.29. The van der Waals surface area contributed by atoms with Gasteiger partial charge < -0.3 is 13.9 Å². The lowest BCUT2D eigenvalue weighted by Crippen LogP contribution is -2.46. The van der Waals surface area contributed by atoms with E-state index in [1.54, 1.807) is 30.0 Å². The summed E-state index contributed by atoms with van der Waals surface area (Å²) in [7, 11) is 1.74. The van der Waals surface area contributed by atoms with Crippen LogP contribution in [0.1, 0.15) is 5.56 Å². The van der Waals surface area contributed by atoms with Crippen molar-refractivity contribution >= 4 is 11.3 Å². The highest BCUT2D eigenvalue weighted by Crippen LogP contribution is 2.20. The molecular formula is C21H22N6O2. The van der Waals surface area contributed by atoms with Crippen LogP contribution in [-0.4, -0.2) is 50.2 Å². The molecule has 1 aromatic carbocycles. The van der Waals surface area contributed by atoms with Gasteiger partial charge >= 0.3 is 5.69 Å². The lowest BCUT2D eigenvalue weighted by Gasteiger charge is -2.36. The molecule has 1 aliphatic rings. The molecule has 5 rings (SSSR count). The van der Waals surface area contributed by atoms with Crippen LogP contribution < -0.4 is 10.6 Å². The Morgan fingerprint density at radius 3 is 2.55 bits per heavy atom. The molecule has 29 heavy (non-hydrogen) atoms. The van der Waals surface area contributed by atoms with Crippen LogP contribution >= 0.6 is 0 Å². The van der Waals surface area contributed by atoms with Crippen LogP contribution in [0.2, 0.25) is 0 Å². The number of para-hydroxylation sites is 1. The van der Waals surface area contributed by atoms with Crippen LogP contribution in [0, 0.1) is 0 Å². The maximum absolute atomic E-state index is 12.5. The van der Waals surface area contributed by atoms with E-state index < -0.39 is 0 Å². The minimum Gasteiger partial charge on any atom is -0.461 e. The van der Waals surface area contributed by atoms with Crippen LogP contribution in [0.4, 0.5) is 5.69 Å². The van der Waals surface area contributed by atoms with Gasteiger partial charge in [-0.2, -0.15) is 4.52 Å². The Morgan fingerprint density at radius 1 is 1.03 bits per heavy atom. The fourth-order valence-electron chi connectivity index (χ4n) is 3.82. The van der Waals surface area contributed by atoms with Crippen molar-refractivity contribution in [1.29, 1.82) is 0 Å². The fraction of sp³-hybridized carbons (Fsp3) is 0.286. The minimum absolute atomic E-state index is 0.219. The number of rotatable bonds is 4. The first-order valence-electron chi connectivity index (χ1n) is 9.70. The predicted octanol–water partition coefficient (Wildman–Crippen LogP) is 2.01. The van der Waals surface area contributed by atoms with Crippen molar-refractivity contribution < 1.29 is 4.42 Å². The number of nitrogens with zero attached hydrogens (tertiary/aromatic N) is 6. The SMILES string of the molecule is Cn1cc(CN2CCN(c3ccccc3)CC2)c2nc(-c3ccco3)nn2c1=O. The highest BCUT2D eigenvalue weighted by Gasteiger charge is 2.21. The summed E-state index contributed by atoms with van der Waals surface area (Å²) in [6.45, 7) is 4.55. The molecule has 1 fully saturated rings. The summed E-state index contributed by atoms with van der Waals surface area (Å²) in [5, 5.41) is 4.37. The van der Waals surface area contributed by atoms with Gasteiger partial charge in [0.05, 0.1) is 6.26 Å². The molecular weight excluding hydrogens is 368 g/mol. The number of benzene rings is 1. The molecule has 1 aliphatic heterocycles. The number of hydrogen-bond acceptors (Lipinski definition) is 6. The number of hydrogen-bond donors (Lipinski definition) is 0. The number of piperazine rings is 1. The largest absolute Gasteiger partial charge is 0.461 e. The highest BCUT2D eigenvalue weighted by atomic mass is 16.3. The van der Waals surface area contributed by atoms with Gasteiger partial charge in [0.25, 0.3) is 0 Å². The molecule has 0 bridgehead atoms. The van der Waals surface area contributed by atoms with Gasteiger partial charge in [0.2, 0.25) is 5.82 Å². The third-order valence-corrected chi connectivity index (χ3v) is 5.36. The Morgan fingerprint density at radius 2 is 1.83 bits per heavy atom. The average Bonchev–Trinajstić information content (AvgIpc) is 3.43. The molecule has 0 atom stereocenters. The standard InChI is InChI=1S/C21H22N6O2/c1-24-14-16(15-25-9-11-26(12-10-25)17-6-3-2-4-7-17)20-22-19(18-8-5-13-29-18)23-27(20)21(24)28/h2-8,13-14H,9-12,15H2,1H3. The van der Waals surface area contributed by atoms with Gasteiger partial charge in [0, 0.05) is 57.2 Å². The van der Waals surface area contributed by atoms with Crippen LogP contribution in [0.15, 0.2) is 64.1 Å². The van der Waals surface area contributed by atoms with Gasteiger partial charge in [-0.05, 0) is 24.3 Å². The average molecular weight is 390 g/mol. The normalized spacial score (nSPS) is 15.3. The van der Waals surface area contributed by atoms with E-state index in [0.29, 0.717) is 17.2 Å². The van der Waals surface area contributed by atoms with E-state index in [9.17, 15) is 4.79 Å². The molecule has 0 unspecified atom stereocenters. The third-order valence-electron chi connectivity index (χ3n) is 5.36. The van der Waals surface area contributed by atoms with Crippen molar-refractivity contribution in [1.82, 2.24) is 24.1 Å². The van der Waals surface area contributed by atoms with Crippen LogP contribution in [0.25, 0.3) is 17.2 Å². The topological polar surface area (TPSA) is 71.8 Å². The van der Waals surface area contributed by atoms with Gasteiger partial charge in [-0.1, -0.05) is 18.2 Å². The van der Waals surface area contributed by atoms with E-state index in [0.717, 1.165) is 38.3 Å². The monoisotopic (exact) mass is 390 g/mol. The number of furan rings is 1. The van der Waals surface area contributed by atoms with E-state index in [4.69, 9.17) is 4.42 Å². The first-order chi connectivity index (χ1) is 14.2. The molecule has 8 nitrogen and oxygen atoms in total. The van der Waals surface area contributed by atoms with Crippen LogP contribution in [-0.2, 0) is 13.6 Å². The second-order valence-corrected chi connectivity index (χ2v) is 7.29. The number of aryl methyl sites for hydroxylation is 1. The Balaban J connectivity index is 1.39. The maximum Gasteiger partial charge on any atom is 0.350 e. The van der Waals surface area contributed by atoms with Crippen molar-refractivity contribution in [2.75, 3.05) is 31.1 Å². The summed E-state index contributed by atoms with van der Waals surface area (Å²) >= 11 is 0.